The van der Waals surface area contributed by atoms with E-state index in [4.69, 9.17) is 4.74 Å². The van der Waals surface area contributed by atoms with E-state index in [0.717, 1.165) is 19.4 Å². The van der Waals surface area contributed by atoms with Crippen LogP contribution < -0.4 is 15.0 Å². The summed E-state index contributed by atoms with van der Waals surface area (Å²) in [5.74, 6) is 1.05. The Hall–Kier alpha value is -1.63. The molecule has 0 unspecified atom stereocenters. The van der Waals surface area contributed by atoms with Gasteiger partial charge in [0.25, 0.3) is 0 Å². The minimum absolute atomic E-state index is 0.0582. The molecule has 1 aromatic rings. The largest absolute Gasteiger partial charge is 0.464 e. The third kappa shape index (κ3) is 5.00. The molecule has 1 rings (SSSR count). The lowest BCUT2D eigenvalue weighted by molar-refractivity contribution is 0.292. The average molecular weight is 297 g/mol. The molecule has 1 aromatic heterocycles. The highest BCUT2D eigenvalue weighted by Crippen LogP contribution is 2.20. The molecule has 0 aliphatic rings. The zero-order valence-corrected chi connectivity index (χ0v) is 13.5. The van der Waals surface area contributed by atoms with Crippen LogP contribution in [0.1, 0.15) is 40.5 Å². The average Bonchev–Trinajstić information content (AvgIpc) is 2.48. The van der Waals surface area contributed by atoms with Crippen molar-refractivity contribution in [3.8, 4) is 6.01 Å². The van der Waals surface area contributed by atoms with Gasteiger partial charge in [-0.05, 0) is 26.7 Å². The molecule has 0 spiro atoms. The number of hydrogen-bond acceptors (Lipinski definition) is 7. The molecule has 1 heterocycles. The van der Waals surface area contributed by atoms with Crippen molar-refractivity contribution in [1.82, 2.24) is 15.0 Å². The second-order valence-electron chi connectivity index (χ2n) is 4.59. The van der Waals surface area contributed by atoms with Crippen LogP contribution in [0.3, 0.4) is 0 Å². The molecule has 0 radical (unpaired) electrons. The predicted octanol–water partition coefficient (Wildman–Crippen LogP) is 1.69. The molecule has 7 heteroatoms. The number of hydrogen-bond donors (Lipinski definition) is 2. The molecule has 0 aromatic carbocycles. The Balaban J connectivity index is 3.14. The van der Waals surface area contributed by atoms with Crippen molar-refractivity contribution in [3.05, 3.63) is 0 Å². The van der Waals surface area contributed by atoms with E-state index >= 15 is 0 Å². The topological polar surface area (TPSA) is 83.4 Å². The number of nitrogens with zero attached hydrogens (tertiary/aromatic N) is 4. The molecule has 21 heavy (non-hydrogen) atoms. The van der Waals surface area contributed by atoms with Gasteiger partial charge in [0.05, 0.1) is 13.2 Å². The predicted molar refractivity (Wildman–Crippen MR) is 84.0 cm³/mol. The van der Waals surface area contributed by atoms with Crippen molar-refractivity contribution < 1.29 is 9.84 Å². The lowest BCUT2D eigenvalue weighted by Crippen LogP contribution is -2.38. The second kappa shape index (κ2) is 9.33. The second-order valence-corrected chi connectivity index (χ2v) is 4.59. The van der Waals surface area contributed by atoms with Gasteiger partial charge in [0.1, 0.15) is 0 Å². The molecule has 0 fully saturated rings. The number of ether oxygens (including phenoxy) is 1. The Morgan fingerprint density at radius 3 is 2.38 bits per heavy atom. The van der Waals surface area contributed by atoms with Crippen LogP contribution in [0.25, 0.3) is 0 Å². The SMILES string of the molecule is CCNc1nc(OCC)nc(N(CCO)C(CC)CC)n1. The van der Waals surface area contributed by atoms with Crippen LogP contribution in [0.4, 0.5) is 11.9 Å². The standard InChI is InChI=1S/C14H27N5O2/c1-5-11(6-2)19(9-10-20)13-16-12(15-7-3)17-14(18-13)21-8-4/h11,20H,5-10H2,1-4H3,(H,15,16,17,18). The first-order valence-electron chi connectivity index (χ1n) is 7.70. The van der Waals surface area contributed by atoms with E-state index < -0.39 is 0 Å². The Morgan fingerprint density at radius 1 is 1.14 bits per heavy atom. The minimum atomic E-state index is 0.0582. The number of anilines is 2. The van der Waals surface area contributed by atoms with Crippen LogP contribution in [-0.2, 0) is 0 Å². The Bertz CT molecular complexity index is 388. The summed E-state index contributed by atoms with van der Waals surface area (Å²) in [7, 11) is 0. The van der Waals surface area contributed by atoms with Gasteiger partial charge in [-0.1, -0.05) is 13.8 Å². The number of rotatable bonds is 10. The first kappa shape index (κ1) is 17.4. The fourth-order valence-electron chi connectivity index (χ4n) is 2.19. The van der Waals surface area contributed by atoms with Gasteiger partial charge in [0, 0.05) is 19.1 Å². The van der Waals surface area contributed by atoms with Crippen LogP contribution in [0.15, 0.2) is 0 Å². The van der Waals surface area contributed by atoms with Crippen LogP contribution in [0.2, 0.25) is 0 Å². The van der Waals surface area contributed by atoms with Gasteiger partial charge >= 0.3 is 6.01 Å². The van der Waals surface area contributed by atoms with E-state index in [1.54, 1.807) is 0 Å². The molecule has 0 aliphatic carbocycles. The molecule has 0 saturated carbocycles. The van der Waals surface area contributed by atoms with Crippen molar-refractivity contribution in [3.63, 3.8) is 0 Å². The lowest BCUT2D eigenvalue weighted by Gasteiger charge is -2.30. The third-order valence-corrected chi connectivity index (χ3v) is 3.19. The summed E-state index contributed by atoms with van der Waals surface area (Å²) in [6.45, 7) is 9.89. The van der Waals surface area contributed by atoms with Crippen LogP contribution in [0, 0.1) is 0 Å². The highest BCUT2D eigenvalue weighted by molar-refractivity contribution is 5.39. The Morgan fingerprint density at radius 2 is 1.86 bits per heavy atom. The van der Waals surface area contributed by atoms with Gasteiger partial charge in [0.2, 0.25) is 11.9 Å². The van der Waals surface area contributed by atoms with E-state index in [9.17, 15) is 5.11 Å². The van der Waals surface area contributed by atoms with Crippen molar-refractivity contribution >= 4 is 11.9 Å². The van der Waals surface area contributed by atoms with Crippen LogP contribution in [0.5, 0.6) is 6.01 Å². The molecule has 0 atom stereocenters. The third-order valence-electron chi connectivity index (χ3n) is 3.19. The Kier molecular flexibility index (Phi) is 7.74. The maximum atomic E-state index is 9.32. The van der Waals surface area contributed by atoms with Gasteiger partial charge in [-0.2, -0.15) is 15.0 Å². The van der Waals surface area contributed by atoms with Gasteiger partial charge in [-0.15, -0.1) is 0 Å². The molecular formula is C14H27N5O2. The summed E-state index contributed by atoms with van der Waals surface area (Å²) < 4.78 is 5.42. The molecule has 120 valence electrons. The fourth-order valence-corrected chi connectivity index (χ4v) is 2.19. The van der Waals surface area contributed by atoms with Gasteiger partial charge in [-0.25, -0.2) is 0 Å². The zero-order chi connectivity index (χ0) is 15.7. The Labute approximate surface area is 126 Å². The molecule has 0 amide bonds. The number of aliphatic hydroxyl groups excluding tert-OH is 1. The van der Waals surface area contributed by atoms with E-state index in [2.05, 4.69) is 34.1 Å². The van der Waals surface area contributed by atoms with Gasteiger partial charge in [-0.3, -0.25) is 0 Å². The maximum Gasteiger partial charge on any atom is 0.323 e. The summed E-state index contributed by atoms with van der Waals surface area (Å²) >= 11 is 0. The first-order chi connectivity index (χ1) is 10.2. The quantitative estimate of drug-likeness (QED) is 0.680. The van der Waals surface area contributed by atoms with Crippen molar-refractivity contribution in [2.24, 2.45) is 0 Å². The molecular weight excluding hydrogens is 270 g/mol. The molecule has 2 N–H and O–H groups in total. The van der Waals surface area contributed by atoms with Crippen molar-refractivity contribution in [2.45, 2.75) is 46.6 Å². The smallest absolute Gasteiger partial charge is 0.323 e. The van der Waals surface area contributed by atoms with E-state index in [-0.39, 0.29) is 12.6 Å². The zero-order valence-electron chi connectivity index (χ0n) is 13.5. The number of aliphatic hydroxyl groups is 1. The summed E-state index contributed by atoms with van der Waals surface area (Å²) in [6.07, 6.45) is 1.92. The van der Waals surface area contributed by atoms with E-state index in [1.165, 1.54) is 0 Å². The molecule has 0 saturated heterocycles. The highest BCUT2D eigenvalue weighted by atomic mass is 16.5. The minimum Gasteiger partial charge on any atom is -0.464 e. The lowest BCUT2D eigenvalue weighted by atomic mass is 10.1. The van der Waals surface area contributed by atoms with Crippen molar-refractivity contribution in [2.75, 3.05) is 36.5 Å². The summed E-state index contributed by atoms with van der Waals surface area (Å²) in [4.78, 5) is 15.1. The molecule has 0 aliphatic heterocycles. The normalized spacial score (nSPS) is 10.8. The van der Waals surface area contributed by atoms with E-state index in [1.807, 2.05) is 18.7 Å². The molecule has 0 bridgehead atoms. The van der Waals surface area contributed by atoms with Crippen LogP contribution >= 0.6 is 0 Å². The summed E-state index contributed by atoms with van der Waals surface area (Å²) in [5.41, 5.74) is 0. The van der Waals surface area contributed by atoms with Gasteiger partial charge < -0.3 is 20.1 Å². The van der Waals surface area contributed by atoms with Gasteiger partial charge in [0.15, 0.2) is 0 Å². The fraction of sp³-hybridized carbons (Fsp3) is 0.786. The summed E-state index contributed by atoms with van der Waals surface area (Å²) in [6, 6.07) is 0.593. The monoisotopic (exact) mass is 297 g/mol. The first-order valence-corrected chi connectivity index (χ1v) is 7.70. The number of nitrogens with one attached hydrogen (secondary N) is 1. The van der Waals surface area contributed by atoms with Crippen molar-refractivity contribution in [1.29, 1.82) is 0 Å². The van der Waals surface area contributed by atoms with Crippen LogP contribution in [-0.4, -0.2) is 52.4 Å². The molecule has 7 nitrogen and oxygen atoms in total. The summed E-state index contributed by atoms with van der Waals surface area (Å²) in [5, 5.41) is 12.4. The maximum absolute atomic E-state index is 9.32. The van der Waals surface area contributed by atoms with E-state index in [0.29, 0.717) is 31.1 Å². The highest BCUT2D eigenvalue weighted by Gasteiger charge is 2.20. The number of aromatic nitrogens is 3.